The van der Waals surface area contributed by atoms with Crippen LogP contribution in [-0.2, 0) is 4.74 Å². The van der Waals surface area contributed by atoms with Crippen LogP contribution in [0, 0.1) is 0 Å². The van der Waals surface area contributed by atoms with E-state index in [1.807, 2.05) is 18.2 Å². The largest absolute Gasteiger partial charge is 0.449 e. The average Bonchev–Trinajstić information content (AvgIpc) is 3.18. The number of nitrogens with one attached hydrogen (secondary N) is 1. The van der Waals surface area contributed by atoms with Crippen LogP contribution in [0.1, 0.15) is 98.6 Å². The molecule has 0 atom stereocenters. The van der Waals surface area contributed by atoms with Crippen LogP contribution in [0.5, 0.6) is 0 Å². The molecule has 0 fully saturated rings. The second kappa shape index (κ2) is 11.2. The van der Waals surface area contributed by atoms with Gasteiger partial charge in [0.25, 0.3) is 0 Å². The van der Waals surface area contributed by atoms with Gasteiger partial charge in [-0.2, -0.15) is 0 Å². The smallest absolute Gasteiger partial charge is 0.407 e. The molecular formula is C33H39NO2. The second-order valence-corrected chi connectivity index (χ2v) is 10.7. The summed E-state index contributed by atoms with van der Waals surface area (Å²) >= 11 is 0. The van der Waals surface area contributed by atoms with E-state index in [0.29, 0.717) is 30.9 Å². The van der Waals surface area contributed by atoms with Crippen molar-refractivity contribution in [2.45, 2.75) is 65.2 Å². The quantitative estimate of drug-likeness (QED) is 0.350. The van der Waals surface area contributed by atoms with Crippen molar-refractivity contribution in [3.63, 3.8) is 0 Å². The Bertz CT molecular complexity index is 1180. The molecular weight excluding hydrogens is 442 g/mol. The van der Waals surface area contributed by atoms with E-state index < -0.39 is 0 Å². The summed E-state index contributed by atoms with van der Waals surface area (Å²) in [4.78, 5) is 12.5. The highest BCUT2D eigenvalue weighted by atomic mass is 16.5. The number of ether oxygens (including phenoxy) is 1. The highest BCUT2D eigenvalue weighted by Crippen LogP contribution is 2.44. The molecule has 0 aromatic heterocycles. The van der Waals surface area contributed by atoms with Gasteiger partial charge in [0.2, 0.25) is 0 Å². The molecule has 3 nitrogen and oxygen atoms in total. The van der Waals surface area contributed by atoms with Crippen molar-refractivity contribution >= 4 is 12.2 Å². The number of rotatable bonds is 8. The van der Waals surface area contributed by atoms with Gasteiger partial charge in [-0.15, -0.1) is 0 Å². The first kappa shape index (κ1) is 25.8. The molecule has 1 aliphatic carbocycles. The SMILES string of the molecule is CC(C)c1cc(C(C)C)c(C=CCNC(=O)OCC2c3ccccc3-c3ccccc32)c(C(C)C)c1. The van der Waals surface area contributed by atoms with Gasteiger partial charge < -0.3 is 10.1 Å². The maximum absolute atomic E-state index is 12.5. The summed E-state index contributed by atoms with van der Waals surface area (Å²) in [6.07, 6.45) is 3.81. The van der Waals surface area contributed by atoms with Crippen LogP contribution in [0.25, 0.3) is 17.2 Å². The lowest BCUT2D eigenvalue weighted by molar-refractivity contribution is 0.144. The van der Waals surface area contributed by atoms with Crippen molar-refractivity contribution in [1.82, 2.24) is 5.32 Å². The van der Waals surface area contributed by atoms with Crippen LogP contribution in [0.2, 0.25) is 0 Å². The van der Waals surface area contributed by atoms with Gasteiger partial charge in [-0.3, -0.25) is 0 Å². The number of hydrogen-bond donors (Lipinski definition) is 1. The Morgan fingerprint density at radius 1 is 0.833 bits per heavy atom. The fourth-order valence-corrected chi connectivity index (χ4v) is 5.17. The summed E-state index contributed by atoms with van der Waals surface area (Å²) < 4.78 is 5.67. The summed E-state index contributed by atoms with van der Waals surface area (Å²) in [7, 11) is 0. The zero-order chi connectivity index (χ0) is 25.8. The molecule has 36 heavy (non-hydrogen) atoms. The number of carbonyl (C=O) groups excluding carboxylic acids is 1. The van der Waals surface area contributed by atoms with Gasteiger partial charge in [-0.05, 0) is 62.3 Å². The Labute approximate surface area is 216 Å². The minimum atomic E-state index is -0.384. The van der Waals surface area contributed by atoms with Crippen molar-refractivity contribution in [3.8, 4) is 11.1 Å². The highest BCUT2D eigenvalue weighted by Gasteiger charge is 2.28. The van der Waals surface area contributed by atoms with Gasteiger partial charge in [0.1, 0.15) is 6.61 Å². The van der Waals surface area contributed by atoms with E-state index in [0.717, 1.165) is 0 Å². The number of fused-ring (bicyclic) bond motifs is 3. The van der Waals surface area contributed by atoms with E-state index in [2.05, 4.69) is 101 Å². The molecule has 188 valence electrons. The number of benzene rings is 3. The summed E-state index contributed by atoms with van der Waals surface area (Å²) in [5.41, 5.74) is 10.3. The van der Waals surface area contributed by atoms with E-state index in [-0.39, 0.29) is 12.0 Å². The van der Waals surface area contributed by atoms with E-state index in [9.17, 15) is 4.79 Å². The Kier molecular flexibility index (Phi) is 7.98. The average molecular weight is 482 g/mol. The lowest BCUT2D eigenvalue weighted by Gasteiger charge is -2.21. The van der Waals surface area contributed by atoms with Crippen molar-refractivity contribution in [2.24, 2.45) is 0 Å². The molecule has 4 rings (SSSR count). The summed E-state index contributed by atoms with van der Waals surface area (Å²) in [5.74, 6) is 1.42. The van der Waals surface area contributed by atoms with E-state index in [1.165, 1.54) is 44.5 Å². The summed E-state index contributed by atoms with van der Waals surface area (Å²) in [6, 6.07) is 21.5. The fraction of sp³-hybridized carbons (Fsp3) is 0.364. The van der Waals surface area contributed by atoms with Gasteiger partial charge >= 0.3 is 6.09 Å². The zero-order valence-corrected chi connectivity index (χ0v) is 22.5. The maximum Gasteiger partial charge on any atom is 0.407 e. The second-order valence-electron chi connectivity index (χ2n) is 10.7. The summed E-state index contributed by atoms with van der Waals surface area (Å²) in [6.45, 7) is 14.2. The Morgan fingerprint density at radius 3 is 1.86 bits per heavy atom. The van der Waals surface area contributed by atoms with Gasteiger partial charge in [0.15, 0.2) is 0 Å². The molecule has 0 saturated heterocycles. The lowest BCUT2D eigenvalue weighted by Crippen LogP contribution is -2.26. The van der Waals surface area contributed by atoms with Crippen LogP contribution in [0.15, 0.2) is 66.7 Å². The minimum Gasteiger partial charge on any atom is -0.449 e. The molecule has 1 aliphatic rings. The third kappa shape index (κ3) is 5.41. The Balaban J connectivity index is 1.41. The molecule has 0 radical (unpaired) electrons. The van der Waals surface area contributed by atoms with Crippen LogP contribution >= 0.6 is 0 Å². The molecule has 0 spiro atoms. The molecule has 3 aromatic rings. The lowest BCUT2D eigenvalue weighted by atomic mass is 9.84. The van der Waals surface area contributed by atoms with Crippen LogP contribution in [0.3, 0.4) is 0 Å². The molecule has 0 bridgehead atoms. The zero-order valence-electron chi connectivity index (χ0n) is 22.5. The van der Waals surface area contributed by atoms with Crippen LogP contribution < -0.4 is 5.32 Å². The molecule has 0 heterocycles. The molecule has 1 N–H and O–H groups in total. The molecule has 0 unspecified atom stereocenters. The molecule has 1 amide bonds. The van der Waals surface area contributed by atoms with Gasteiger partial charge in [-0.1, -0.05) is 114 Å². The van der Waals surface area contributed by atoms with Gasteiger partial charge in [0.05, 0.1) is 0 Å². The highest BCUT2D eigenvalue weighted by molar-refractivity contribution is 5.79. The monoisotopic (exact) mass is 481 g/mol. The van der Waals surface area contributed by atoms with E-state index in [1.54, 1.807) is 0 Å². The normalized spacial score (nSPS) is 13.0. The van der Waals surface area contributed by atoms with Crippen LogP contribution in [-0.4, -0.2) is 19.2 Å². The van der Waals surface area contributed by atoms with E-state index >= 15 is 0 Å². The Hall–Kier alpha value is -3.33. The minimum absolute atomic E-state index is 0.0698. The summed E-state index contributed by atoms with van der Waals surface area (Å²) in [5, 5.41) is 2.90. The third-order valence-corrected chi connectivity index (χ3v) is 7.17. The van der Waals surface area contributed by atoms with Gasteiger partial charge in [0, 0.05) is 12.5 Å². The van der Waals surface area contributed by atoms with Gasteiger partial charge in [-0.25, -0.2) is 4.79 Å². The first-order chi connectivity index (χ1) is 17.3. The van der Waals surface area contributed by atoms with E-state index in [4.69, 9.17) is 4.74 Å². The van der Waals surface area contributed by atoms with Crippen molar-refractivity contribution in [1.29, 1.82) is 0 Å². The Morgan fingerprint density at radius 2 is 1.36 bits per heavy atom. The number of carbonyl (C=O) groups is 1. The predicted octanol–water partition coefficient (Wildman–Crippen LogP) is 8.61. The molecule has 0 aliphatic heterocycles. The number of hydrogen-bond acceptors (Lipinski definition) is 2. The molecule has 0 saturated carbocycles. The number of amides is 1. The van der Waals surface area contributed by atoms with Crippen LogP contribution in [0.4, 0.5) is 4.79 Å². The van der Waals surface area contributed by atoms with Crippen molar-refractivity contribution in [2.75, 3.05) is 13.2 Å². The maximum atomic E-state index is 12.5. The first-order valence-electron chi connectivity index (χ1n) is 13.2. The van der Waals surface area contributed by atoms with Crippen molar-refractivity contribution < 1.29 is 9.53 Å². The standard InChI is InChI=1S/C33H39NO2/c1-21(2)24-18-30(22(3)4)29(31(19-24)23(5)6)16-11-17-34-33(35)36-20-32-27-14-9-7-12-25(27)26-13-8-10-15-28(26)32/h7-16,18-19,21-23,32H,17,20H2,1-6H3,(H,34,35). The topological polar surface area (TPSA) is 38.3 Å². The fourth-order valence-electron chi connectivity index (χ4n) is 5.17. The predicted molar refractivity (Wildman–Crippen MR) is 151 cm³/mol. The molecule has 3 heteroatoms. The first-order valence-corrected chi connectivity index (χ1v) is 13.2. The third-order valence-electron chi connectivity index (χ3n) is 7.17. The number of alkyl carbamates (subject to hydrolysis) is 1. The molecule has 3 aromatic carbocycles. The van der Waals surface area contributed by atoms with Crippen molar-refractivity contribution in [3.05, 3.63) is 100 Å².